The summed E-state index contributed by atoms with van der Waals surface area (Å²) in [5.74, 6) is 0.875. The molecule has 0 spiro atoms. The maximum absolute atomic E-state index is 4.12. The van der Waals surface area contributed by atoms with Crippen LogP contribution in [-0.4, -0.2) is 30.1 Å². The Morgan fingerprint density at radius 3 is 3.08 bits per heavy atom. The molecule has 4 nitrogen and oxygen atoms in total. The van der Waals surface area contributed by atoms with Crippen LogP contribution >= 0.6 is 0 Å². The van der Waals surface area contributed by atoms with E-state index in [9.17, 15) is 0 Å². The van der Waals surface area contributed by atoms with Gasteiger partial charge in [-0.3, -0.25) is 0 Å². The first kappa shape index (κ1) is 9.67. The Morgan fingerprint density at radius 1 is 1.69 bits per heavy atom. The second-order valence-electron chi connectivity index (χ2n) is 2.55. The molecule has 0 radical (unpaired) electrons. The van der Waals surface area contributed by atoms with Gasteiger partial charge in [-0.05, 0) is 19.3 Å². The molecule has 4 heteroatoms. The molecule has 0 saturated heterocycles. The van der Waals surface area contributed by atoms with E-state index in [-0.39, 0.29) is 0 Å². The van der Waals surface area contributed by atoms with Crippen LogP contribution in [0.25, 0.3) is 0 Å². The summed E-state index contributed by atoms with van der Waals surface area (Å²) in [5, 5.41) is 3.07. The summed E-state index contributed by atoms with van der Waals surface area (Å²) in [6, 6.07) is 1.86. The van der Waals surface area contributed by atoms with E-state index in [2.05, 4.69) is 21.9 Å². The first-order valence-corrected chi connectivity index (χ1v) is 4.18. The number of anilines is 1. The van der Waals surface area contributed by atoms with Crippen molar-refractivity contribution >= 4 is 5.82 Å². The van der Waals surface area contributed by atoms with Gasteiger partial charge < -0.3 is 10.2 Å². The van der Waals surface area contributed by atoms with Crippen LogP contribution < -0.4 is 10.2 Å². The van der Waals surface area contributed by atoms with Gasteiger partial charge in [0.1, 0.15) is 12.1 Å². The van der Waals surface area contributed by atoms with E-state index < -0.39 is 0 Å². The zero-order valence-corrected chi connectivity index (χ0v) is 7.77. The van der Waals surface area contributed by atoms with Crippen molar-refractivity contribution in [3.05, 3.63) is 31.4 Å². The minimum Gasteiger partial charge on any atom is -0.332 e. The molecule has 0 aliphatic heterocycles. The van der Waals surface area contributed by atoms with E-state index in [0.717, 1.165) is 18.9 Å². The molecule has 0 aliphatic rings. The Bertz CT molecular complexity index is 247. The number of hydrogen-bond donors (Lipinski definition) is 1. The third kappa shape index (κ3) is 2.83. The van der Waals surface area contributed by atoms with E-state index in [0.29, 0.717) is 0 Å². The lowest BCUT2D eigenvalue weighted by atomic mass is 10.4. The molecule has 0 aromatic carbocycles. The van der Waals surface area contributed by atoms with Crippen molar-refractivity contribution < 1.29 is 0 Å². The Balaban J connectivity index is 2.61. The molecule has 1 rings (SSSR count). The Labute approximate surface area is 78.3 Å². The number of aromatic nitrogens is 2. The van der Waals surface area contributed by atoms with E-state index in [1.807, 2.05) is 18.0 Å². The van der Waals surface area contributed by atoms with E-state index in [4.69, 9.17) is 0 Å². The van der Waals surface area contributed by atoms with Crippen molar-refractivity contribution in [2.75, 3.05) is 25.0 Å². The van der Waals surface area contributed by atoms with E-state index in [1.165, 1.54) is 6.33 Å². The normalized spacial score (nSPS) is 9.62. The van der Waals surface area contributed by atoms with Crippen LogP contribution in [0.2, 0.25) is 0 Å². The van der Waals surface area contributed by atoms with Crippen LogP contribution in [0.15, 0.2) is 31.4 Å². The first-order chi connectivity index (χ1) is 6.38. The van der Waals surface area contributed by atoms with Gasteiger partial charge in [0.2, 0.25) is 0 Å². The molecule has 0 fully saturated rings. The Hall–Kier alpha value is -1.42. The second-order valence-corrected chi connectivity index (χ2v) is 2.55. The van der Waals surface area contributed by atoms with Gasteiger partial charge in [0.05, 0.1) is 0 Å². The summed E-state index contributed by atoms with van der Waals surface area (Å²) in [6.45, 7) is 5.49. The number of nitrogens with one attached hydrogen (secondary N) is 1. The highest BCUT2D eigenvalue weighted by molar-refractivity contribution is 5.39. The monoisotopic (exact) mass is 178 g/mol. The van der Waals surface area contributed by atoms with Crippen LogP contribution in [0, 0.1) is 0 Å². The Kier molecular flexibility index (Phi) is 3.92. The summed E-state index contributed by atoms with van der Waals surface area (Å²) in [4.78, 5) is 9.94. The molecular formula is C9H14N4. The average Bonchev–Trinajstić information content (AvgIpc) is 2.21. The maximum Gasteiger partial charge on any atom is 0.135 e. The van der Waals surface area contributed by atoms with Gasteiger partial charge in [-0.25, -0.2) is 9.97 Å². The van der Waals surface area contributed by atoms with Crippen molar-refractivity contribution in [1.29, 1.82) is 0 Å². The summed E-state index contributed by atoms with van der Waals surface area (Å²) >= 11 is 0. The highest BCUT2D eigenvalue weighted by Gasteiger charge is 2.00. The third-order valence-electron chi connectivity index (χ3n) is 1.68. The van der Waals surface area contributed by atoms with Crippen LogP contribution in [0.3, 0.4) is 0 Å². The van der Waals surface area contributed by atoms with Crippen molar-refractivity contribution in [2.24, 2.45) is 0 Å². The van der Waals surface area contributed by atoms with Crippen LogP contribution in [-0.2, 0) is 0 Å². The molecule has 0 unspecified atom stereocenters. The molecule has 0 saturated carbocycles. The van der Waals surface area contributed by atoms with Crippen molar-refractivity contribution in [3.8, 4) is 0 Å². The molecule has 1 heterocycles. The van der Waals surface area contributed by atoms with Crippen LogP contribution in [0.5, 0.6) is 0 Å². The SMILES string of the molecule is C=CN(CCNC)c1ccncn1. The summed E-state index contributed by atoms with van der Waals surface area (Å²) in [7, 11) is 1.92. The molecule has 13 heavy (non-hydrogen) atoms. The van der Waals surface area contributed by atoms with Gasteiger partial charge >= 0.3 is 0 Å². The van der Waals surface area contributed by atoms with Gasteiger partial charge in [0.25, 0.3) is 0 Å². The largest absolute Gasteiger partial charge is 0.332 e. The minimum atomic E-state index is 0.858. The summed E-state index contributed by atoms with van der Waals surface area (Å²) in [6.07, 6.45) is 5.02. The molecule has 0 aliphatic carbocycles. The number of nitrogens with zero attached hydrogens (tertiary/aromatic N) is 3. The number of likely N-dealkylation sites (N-methyl/N-ethyl adjacent to an activating group) is 1. The molecule has 1 aromatic rings. The van der Waals surface area contributed by atoms with Crippen molar-refractivity contribution in [1.82, 2.24) is 15.3 Å². The summed E-state index contributed by atoms with van der Waals surface area (Å²) < 4.78 is 0. The van der Waals surface area contributed by atoms with Gasteiger partial charge in [-0.15, -0.1) is 0 Å². The lowest BCUT2D eigenvalue weighted by Crippen LogP contribution is -2.26. The average molecular weight is 178 g/mol. The number of rotatable bonds is 5. The predicted molar refractivity (Wildman–Crippen MR) is 53.5 cm³/mol. The summed E-state index contributed by atoms with van der Waals surface area (Å²) in [5.41, 5.74) is 0. The predicted octanol–water partition coefficient (Wildman–Crippen LogP) is 0.646. The lowest BCUT2D eigenvalue weighted by Gasteiger charge is -2.17. The highest BCUT2D eigenvalue weighted by Crippen LogP contribution is 2.06. The zero-order chi connectivity index (χ0) is 9.52. The van der Waals surface area contributed by atoms with Crippen LogP contribution in [0.4, 0.5) is 5.82 Å². The minimum absolute atomic E-state index is 0.858. The highest BCUT2D eigenvalue weighted by atomic mass is 15.2. The van der Waals surface area contributed by atoms with Gasteiger partial charge in [0, 0.05) is 19.3 Å². The molecule has 0 amide bonds. The van der Waals surface area contributed by atoms with Crippen molar-refractivity contribution in [3.63, 3.8) is 0 Å². The van der Waals surface area contributed by atoms with Crippen LogP contribution in [0.1, 0.15) is 0 Å². The maximum atomic E-state index is 4.12. The molecule has 0 atom stereocenters. The smallest absolute Gasteiger partial charge is 0.135 e. The topological polar surface area (TPSA) is 41.0 Å². The van der Waals surface area contributed by atoms with Crippen molar-refractivity contribution in [2.45, 2.75) is 0 Å². The Morgan fingerprint density at radius 2 is 2.54 bits per heavy atom. The molecule has 1 N–H and O–H groups in total. The molecule has 70 valence electrons. The van der Waals surface area contributed by atoms with E-state index >= 15 is 0 Å². The second kappa shape index (κ2) is 5.27. The fourth-order valence-corrected chi connectivity index (χ4v) is 0.985. The quantitative estimate of drug-likeness (QED) is 0.718. The third-order valence-corrected chi connectivity index (χ3v) is 1.68. The van der Waals surface area contributed by atoms with Gasteiger partial charge in [0.15, 0.2) is 0 Å². The number of hydrogen-bond acceptors (Lipinski definition) is 4. The fraction of sp³-hybridized carbons (Fsp3) is 0.333. The lowest BCUT2D eigenvalue weighted by molar-refractivity contribution is 0.775. The molecule has 0 bridgehead atoms. The molecular weight excluding hydrogens is 164 g/mol. The van der Waals surface area contributed by atoms with Gasteiger partial charge in [-0.1, -0.05) is 6.58 Å². The molecule has 1 aromatic heterocycles. The van der Waals surface area contributed by atoms with Gasteiger partial charge in [-0.2, -0.15) is 0 Å². The fourth-order valence-electron chi connectivity index (χ4n) is 0.985. The first-order valence-electron chi connectivity index (χ1n) is 4.18. The standard InChI is InChI=1S/C9H14N4/c1-3-13(7-6-10-2)9-4-5-11-8-12-9/h3-5,8,10H,1,6-7H2,2H3. The zero-order valence-electron chi connectivity index (χ0n) is 7.77. The van der Waals surface area contributed by atoms with E-state index in [1.54, 1.807) is 12.4 Å².